The molecule has 1 aliphatic rings. The van der Waals surface area contributed by atoms with Crippen molar-refractivity contribution in [2.75, 3.05) is 13.2 Å². The molecule has 0 aromatic carbocycles. The van der Waals surface area contributed by atoms with Crippen LogP contribution in [0.4, 0.5) is 0 Å². The molecule has 0 amide bonds. The van der Waals surface area contributed by atoms with Crippen LogP contribution in [-0.2, 0) is 14.3 Å². The lowest BCUT2D eigenvalue weighted by Crippen LogP contribution is -2.22. The average molecular weight is 186 g/mol. The zero-order valence-electron chi connectivity index (χ0n) is 8.25. The molecule has 0 aromatic rings. The second-order valence-electron chi connectivity index (χ2n) is 3.38. The van der Waals surface area contributed by atoms with E-state index in [-0.39, 0.29) is 12.1 Å². The summed E-state index contributed by atoms with van der Waals surface area (Å²) in [6.45, 7) is 3.38. The highest BCUT2D eigenvalue weighted by Gasteiger charge is 2.24. The van der Waals surface area contributed by atoms with E-state index in [9.17, 15) is 4.79 Å². The third-order valence-corrected chi connectivity index (χ3v) is 2.18. The number of esters is 1. The quantitative estimate of drug-likeness (QED) is 0.486. The molecule has 0 aliphatic carbocycles. The summed E-state index contributed by atoms with van der Waals surface area (Å²) >= 11 is 0. The van der Waals surface area contributed by atoms with Gasteiger partial charge in [-0.2, -0.15) is 0 Å². The van der Waals surface area contributed by atoms with Crippen molar-refractivity contribution >= 4 is 5.97 Å². The zero-order valence-corrected chi connectivity index (χ0v) is 8.25. The number of ether oxygens (including phenoxy) is 2. The van der Waals surface area contributed by atoms with Crippen molar-refractivity contribution in [2.45, 2.75) is 45.1 Å². The minimum absolute atomic E-state index is 0.173. The maximum atomic E-state index is 11.3. The Balaban J connectivity index is 2.03. The van der Waals surface area contributed by atoms with Gasteiger partial charge in [-0.15, -0.1) is 0 Å². The number of hydrogen-bond acceptors (Lipinski definition) is 3. The lowest BCUT2D eigenvalue weighted by molar-refractivity contribution is -0.154. The Hall–Kier alpha value is -0.570. The van der Waals surface area contributed by atoms with Crippen LogP contribution in [0.5, 0.6) is 0 Å². The van der Waals surface area contributed by atoms with Gasteiger partial charge in [0.15, 0.2) is 6.10 Å². The van der Waals surface area contributed by atoms with Crippen molar-refractivity contribution in [3.63, 3.8) is 0 Å². The smallest absolute Gasteiger partial charge is 0.335 e. The summed E-state index contributed by atoms with van der Waals surface area (Å²) in [5.74, 6) is -0.173. The Morgan fingerprint density at radius 2 is 2.38 bits per heavy atom. The highest BCUT2D eigenvalue weighted by molar-refractivity contribution is 5.74. The van der Waals surface area contributed by atoms with Crippen molar-refractivity contribution in [3.8, 4) is 0 Å². The monoisotopic (exact) mass is 186 g/mol. The molecular formula is C10H18O3. The molecule has 1 heterocycles. The van der Waals surface area contributed by atoms with Gasteiger partial charge in [-0.25, -0.2) is 4.79 Å². The molecule has 0 N–H and O–H groups in total. The molecule has 1 saturated heterocycles. The number of carbonyl (C=O) groups is 1. The van der Waals surface area contributed by atoms with Gasteiger partial charge >= 0.3 is 5.97 Å². The third kappa shape index (κ3) is 3.77. The molecule has 0 aromatic heterocycles. The molecule has 1 fully saturated rings. The van der Waals surface area contributed by atoms with E-state index in [4.69, 9.17) is 9.47 Å². The Labute approximate surface area is 79.4 Å². The van der Waals surface area contributed by atoms with Crippen LogP contribution in [0.1, 0.15) is 39.0 Å². The van der Waals surface area contributed by atoms with Gasteiger partial charge in [0.1, 0.15) is 0 Å². The molecule has 1 atom stereocenters. The van der Waals surface area contributed by atoms with Gasteiger partial charge in [-0.1, -0.05) is 19.8 Å². The summed E-state index contributed by atoms with van der Waals surface area (Å²) in [6.07, 6.45) is 4.77. The lowest BCUT2D eigenvalue weighted by atomic mass is 10.2. The molecule has 0 spiro atoms. The lowest BCUT2D eigenvalue weighted by Gasteiger charge is -2.08. The first-order valence-electron chi connectivity index (χ1n) is 5.13. The van der Waals surface area contributed by atoms with Gasteiger partial charge in [0.2, 0.25) is 0 Å². The van der Waals surface area contributed by atoms with Crippen LogP contribution in [0.15, 0.2) is 0 Å². The van der Waals surface area contributed by atoms with Crippen LogP contribution >= 0.6 is 0 Å². The van der Waals surface area contributed by atoms with Gasteiger partial charge in [0.05, 0.1) is 6.61 Å². The van der Waals surface area contributed by atoms with E-state index in [2.05, 4.69) is 6.92 Å². The number of unbranched alkanes of at least 4 members (excludes halogenated alkanes) is 2. The van der Waals surface area contributed by atoms with Crippen molar-refractivity contribution < 1.29 is 14.3 Å². The van der Waals surface area contributed by atoms with E-state index >= 15 is 0 Å². The summed E-state index contributed by atoms with van der Waals surface area (Å²) in [6, 6.07) is 0. The molecule has 3 heteroatoms. The Morgan fingerprint density at radius 3 is 3.00 bits per heavy atom. The Kier molecular flexibility index (Phi) is 4.83. The summed E-state index contributed by atoms with van der Waals surface area (Å²) in [7, 11) is 0. The number of hydrogen-bond donors (Lipinski definition) is 0. The van der Waals surface area contributed by atoms with E-state index in [0.717, 1.165) is 32.1 Å². The molecule has 1 rings (SSSR count). The highest BCUT2D eigenvalue weighted by atomic mass is 16.6. The SMILES string of the molecule is CCCCCOC(=O)C1CCCO1. The van der Waals surface area contributed by atoms with Gasteiger partial charge in [-0.05, 0) is 19.3 Å². The highest BCUT2D eigenvalue weighted by Crippen LogP contribution is 2.13. The van der Waals surface area contributed by atoms with Crippen molar-refractivity contribution in [3.05, 3.63) is 0 Å². The van der Waals surface area contributed by atoms with Crippen molar-refractivity contribution in [1.29, 1.82) is 0 Å². The van der Waals surface area contributed by atoms with E-state index in [0.29, 0.717) is 13.2 Å². The molecule has 76 valence electrons. The summed E-state index contributed by atoms with van der Waals surface area (Å²) in [4.78, 5) is 11.3. The first kappa shape index (κ1) is 10.5. The second kappa shape index (κ2) is 5.97. The normalized spacial score (nSPS) is 21.8. The topological polar surface area (TPSA) is 35.5 Å². The predicted molar refractivity (Wildman–Crippen MR) is 49.5 cm³/mol. The maximum Gasteiger partial charge on any atom is 0.335 e. The Morgan fingerprint density at radius 1 is 1.54 bits per heavy atom. The van der Waals surface area contributed by atoms with E-state index < -0.39 is 0 Å². The standard InChI is InChI=1S/C10H18O3/c1-2-3-4-7-13-10(11)9-6-5-8-12-9/h9H,2-8H2,1H3. The van der Waals surface area contributed by atoms with Crippen LogP contribution in [0.25, 0.3) is 0 Å². The van der Waals surface area contributed by atoms with Crippen LogP contribution in [0.2, 0.25) is 0 Å². The second-order valence-corrected chi connectivity index (χ2v) is 3.38. The van der Waals surface area contributed by atoms with Gasteiger partial charge in [0.25, 0.3) is 0 Å². The van der Waals surface area contributed by atoms with Crippen molar-refractivity contribution in [1.82, 2.24) is 0 Å². The molecule has 1 unspecified atom stereocenters. The molecule has 1 aliphatic heterocycles. The van der Waals surface area contributed by atoms with Crippen LogP contribution in [0.3, 0.4) is 0 Å². The Bertz CT molecular complexity index is 150. The average Bonchev–Trinajstić information content (AvgIpc) is 2.65. The fraction of sp³-hybridized carbons (Fsp3) is 0.900. The van der Waals surface area contributed by atoms with Gasteiger partial charge in [-0.3, -0.25) is 0 Å². The molecule has 0 saturated carbocycles. The van der Waals surface area contributed by atoms with Gasteiger partial charge < -0.3 is 9.47 Å². The van der Waals surface area contributed by atoms with Crippen LogP contribution in [-0.4, -0.2) is 25.3 Å². The van der Waals surface area contributed by atoms with Gasteiger partial charge in [0, 0.05) is 6.61 Å². The molecule has 0 radical (unpaired) electrons. The predicted octanol–water partition coefficient (Wildman–Crippen LogP) is 1.90. The first-order valence-corrected chi connectivity index (χ1v) is 5.13. The minimum atomic E-state index is -0.276. The van der Waals surface area contributed by atoms with Crippen LogP contribution in [0, 0.1) is 0 Å². The van der Waals surface area contributed by atoms with E-state index in [1.165, 1.54) is 0 Å². The summed E-state index contributed by atoms with van der Waals surface area (Å²) in [5, 5.41) is 0. The summed E-state index contributed by atoms with van der Waals surface area (Å²) < 4.78 is 10.3. The molecule has 0 bridgehead atoms. The maximum absolute atomic E-state index is 11.3. The molecule has 3 nitrogen and oxygen atoms in total. The van der Waals surface area contributed by atoms with E-state index in [1.54, 1.807) is 0 Å². The number of rotatable bonds is 5. The number of carbonyl (C=O) groups excluding carboxylic acids is 1. The minimum Gasteiger partial charge on any atom is -0.464 e. The first-order chi connectivity index (χ1) is 6.34. The van der Waals surface area contributed by atoms with E-state index in [1.807, 2.05) is 0 Å². The third-order valence-electron chi connectivity index (χ3n) is 2.18. The largest absolute Gasteiger partial charge is 0.464 e. The molecular weight excluding hydrogens is 168 g/mol. The zero-order chi connectivity index (χ0) is 9.52. The fourth-order valence-electron chi connectivity index (χ4n) is 1.38. The van der Waals surface area contributed by atoms with Crippen LogP contribution < -0.4 is 0 Å². The fourth-order valence-corrected chi connectivity index (χ4v) is 1.38. The molecule has 13 heavy (non-hydrogen) atoms. The summed E-state index contributed by atoms with van der Waals surface area (Å²) in [5.41, 5.74) is 0. The van der Waals surface area contributed by atoms with Crippen molar-refractivity contribution in [2.24, 2.45) is 0 Å².